The van der Waals surface area contributed by atoms with Crippen LogP contribution in [-0.2, 0) is 11.3 Å². The molecule has 0 spiro atoms. The van der Waals surface area contributed by atoms with Crippen molar-refractivity contribution in [3.63, 3.8) is 0 Å². The zero-order chi connectivity index (χ0) is 14.3. The van der Waals surface area contributed by atoms with Gasteiger partial charge in [-0.25, -0.2) is 8.78 Å². The first-order valence-electron chi connectivity index (χ1n) is 5.92. The highest BCUT2D eigenvalue weighted by molar-refractivity contribution is 5.92. The third-order valence-corrected chi connectivity index (χ3v) is 2.58. The van der Waals surface area contributed by atoms with Gasteiger partial charge in [0.05, 0.1) is 19.2 Å². The molecular weight excluding hydrogens is 258 g/mol. The molecule has 1 aromatic heterocycles. The van der Waals surface area contributed by atoms with Crippen molar-refractivity contribution in [2.24, 2.45) is 0 Å². The molecule has 0 aliphatic heterocycles. The van der Waals surface area contributed by atoms with E-state index < -0.39 is 18.9 Å². The number of aliphatic hydroxyl groups excluding tert-OH is 1. The maximum atomic E-state index is 12.3. The summed E-state index contributed by atoms with van der Waals surface area (Å²) in [6.45, 7) is -0.362. The molecule has 108 valence electrons. The van der Waals surface area contributed by atoms with Crippen LogP contribution in [0.1, 0.15) is 16.9 Å². The van der Waals surface area contributed by atoms with Gasteiger partial charge in [-0.15, -0.1) is 0 Å². The summed E-state index contributed by atoms with van der Waals surface area (Å²) >= 11 is 0. The van der Waals surface area contributed by atoms with E-state index in [0.717, 1.165) is 0 Å². The lowest BCUT2D eigenvalue weighted by atomic mass is 10.2. The Bertz CT molecular complexity index is 390. The molecule has 1 unspecified atom stereocenters. The van der Waals surface area contributed by atoms with Gasteiger partial charge in [-0.05, 0) is 18.6 Å². The van der Waals surface area contributed by atoms with Crippen molar-refractivity contribution >= 4 is 5.91 Å². The van der Waals surface area contributed by atoms with Gasteiger partial charge in [-0.1, -0.05) is 0 Å². The van der Waals surface area contributed by atoms with Gasteiger partial charge in [0.15, 0.2) is 0 Å². The first-order chi connectivity index (χ1) is 9.08. The number of carbonyl (C=O) groups is 1. The zero-order valence-corrected chi connectivity index (χ0v) is 10.7. The maximum absolute atomic E-state index is 12.3. The van der Waals surface area contributed by atoms with Gasteiger partial charge in [-0.3, -0.25) is 4.79 Å². The Morgan fingerprint density at radius 1 is 1.58 bits per heavy atom. The van der Waals surface area contributed by atoms with Crippen LogP contribution in [0, 0.1) is 0 Å². The minimum absolute atomic E-state index is 0.0909. The van der Waals surface area contributed by atoms with Crippen LogP contribution in [0.5, 0.6) is 0 Å². The largest absolute Gasteiger partial charge is 0.396 e. The minimum atomic E-state index is -2.52. The van der Waals surface area contributed by atoms with Crippen LogP contribution < -0.4 is 5.32 Å². The van der Waals surface area contributed by atoms with Crippen LogP contribution in [-0.4, -0.2) is 48.4 Å². The Kier molecular flexibility index (Phi) is 6.44. The van der Waals surface area contributed by atoms with E-state index in [4.69, 9.17) is 9.84 Å². The molecule has 2 N–H and O–H groups in total. The Balaban J connectivity index is 2.68. The third-order valence-electron chi connectivity index (χ3n) is 2.58. The highest BCUT2D eigenvalue weighted by atomic mass is 19.3. The molecule has 1 amide bonds. The average molecular weight is 276 g/mol. The molecule has 1 aromatic rings. The normalized spacial score (nSPS) is 12.7. The number of amides is 1. The quantitative estimate of drug-likeness (QED) is 0.741. The zero-order valence-electron chi connectivity index (χ0n) is 10.7. The summed E-state index contributed by atoms with van der Waals surface area (Å²) in [6.07, 6.45) is -0.751. The fraction of sp³-hybridized carbons (Fsp3) is 0.583. The van der Waals surface area contributed by atoms with E-state index in [0.29, 0.717) is 6.42 Å². The third kappa shape index (κ3) is 4.96. The molecule has 0 aromatic carbocycles. The Hall–Kier alpha value is -1.47. The van der Waals surface area contributed by atoms with Gasteiger partial charge in [0.1, 0.15) is 5.69 Å². The number of aliphatic hydroxyl groups is 1. The van der Waals surface area contributed by atoms with Crippen molar-refractivity contribution in [2.45, 2.75) is 25.4 Å². The van der Waals surface area contributed by atoms with E-state index in [1.165, 1.54) is 30.0 Å². The topological polar surface area (TPSA) is 63.5 Å². The van der Waals surface area contributed by atoms with Crippen molar-refractivity contribution in [3.05, 3.63) is 24.0 Å². The number of alkyl halides is 2. The summed E-state index contributed by atoms with van der Waals surface area (Å²) in [5.74, 6) is -0.457. The molecule has 0 bridgehead atoms. The highest BCUT2D eigenvalue weighted by Crippen LogP contribution is 2.07. The van der Waals surface area contributed by atoms with E-state index in [1.54, 1.807) is 0 Å². The molecule has 5 nitrogen and oxygen atoms in total. The highest BCUT2D eigenvalue weighted by Gasteiger charge is 2.17. The van der Waals surface area contributed by atoms with Gasteiger partial charge in [0, 0.05) is 19.9 Å². The lowest BCUT2D eigenvalue weighted by Gasteiger charge is -2.17. The van der Waals surface area contributed by atoms with Crippen molar-refractivity contribution in [1.82, 2.24) is 9.88 Å². The van der Waals surface area contributed by atoms with Crippen LogP contribution >= 0.6 is 0 Å². The van der Waals surface area contributed by atoms with Gasteiger partial charge < -0.3 is 19.7 Å². The Labute approximate surface area is 110 Å². The molecule has 19 heavy (non-hydrogen) atoms. The van der Waals surface area contributed by atoms with Crippen LogP contribution in [0.2, 0.25) is 0 Å². The molecular formula is C12H18F2N2O3. The SMILES string of the molecule is COCC(CCO)NC(=O)c1cccn1CC(F)F. The summed E-state index contributed by atoms with van der Waals surface area (Å²) < 4.78 is 30.8. The first kappa shape index (κ1) is 15.6. The monoisotopic (exact) mass is 276 g/mol. The number of methoxy groups -OCH3 is 1. The summed E-state index contributed by atoms with van der Waals surface area (Å²) in [5.41, 5.74) is 0.166. The van der Waals surface area contributed by atoms with Crippen LogP contribution in [0.3, 0.4) is 0 Å². The number of aromatic nitrogens is 1. The molecule has 0 aliphatic carbocycles. The van der Waals surface area contributed by atoms with Gasteiger partial charge in [-0.2, -0.15) is 0 Å². The molecule has 0 aliphatic rings. The molecule has 0 fully saturated rings. The van der Waals surface area contributed by atoms with Gasteiger partial charge in [0.25, 0.3) is 12.3 Å². The van der Waals surface area contributed by atoms with E-state index in [9.17, 15) is 13.6 Å². The van der Waals surface area contributed by atoms with Crippen molar-refractivity contribution in [1.29, 1.82) is 0 Å². The van der Waals surface area contributed by atoms with E-state index in [1.807, 2.05) is 0 Å². The molecule has 0 saturated carbocycles. The summed E-state index contributed by atoms with van der Waals surface area (Å²) in [6, 6.07) is 2.66. The number of hydrogen-bond donors (Lipinski definition) is 2. The average Bonchev–Trinajstić information content (AvgIpc) is 2.77. The second-order valence-corrected chi connectivity index (χ2v) is 4.07. The van der Waals surface area contributed by atoms with Crippen molar-refractivity contribution < 1.29 is 23.4 Å². The van der Waals surface area contributed by atoms with E-state index in [2.05, 4.69) is 5.32 Å². The molecule has 0 radical (unpaired) electrons. The van der Waals surface area contributed by atoms with Crippen molar-refractivity contribution in [2.75, 3.05) is 20.3 Å². The smallest absolute Gasteiger partial charge is 0.268 e. The second-order valence-electron chi connectivity index (χ2n) is 4.07. The Morgan fingerprint density at radius 3 is 2.89 bits per heavy atom. The fourth-order valence-electron chi connectivity index (χ4n) is 1.74. The minimum Gasteiger partial charge on any atom is -0.396 e. The molecule has 0 saturated heterocycles. The summed E-state index contributed by atoms with van der Waals surface area (Å²) in [5, 5.41) is 11.5. The van der Waals surface area contributed by atoms with Crippen LogP contribution in [0.4, 0.5) is 8.78 Å². The second kappa shape index (κ2) is 7.85. The van der Waals surface area contributed by atoms with Gasteiger partial charge in [0.2, 0.25) is 0 Å². The molecule has 7 heteroatoms. The lowest BCUT2D eigenvalue weighted by Crippen LogP contribution is -2.39. The standard InChI is InChI=1S/C12H18F2N2O3/c1-19-8-9(4-6-17)15-12(18)10-3-2-5-16(10)7-11(13)14/h2-3,5,9,11,17H,4,6-8H2,1H3,(H,15,18). The predicted octanol–water partition coefficient (Wildman–Crippen LogP) is 0.880. The number of ether oxygens (including phenoxy) is 1. The number of nitrogens with one attached hydrogen (secondary N) is 1. The Morgan fingerprint density at radius 2 is 2.32 bits per heavy atom. The van der Waals surface area contributed by atoms with Crippen molar-refractivity contribution in [3.8, 4) is 0 Å². The lowest BCUT2D eigenvalue weighted by molar-refractivity contribution is 0.0859. The first-order valence-corrected chi connectivity index (χ1v) is 5.92. The van der Waals surface area contributed by atoms with Gasteiger partial charge >= 0.3 is 0 Å². The summed E-state index contributed by atoms with van der Waals surface area (Å²) in [7, 11) is 1.48. The van der Waals surface area contributed by atoms with E-state index >= 15 is 0 Å². The summed E-state index contributed by atoms with van der Waals surface area (Å²) in [4.78, 5) is 12.0. The number of rotatable bonds is 8. The predicted molar refractivity (Wildman–Crippen MR) is 65.3 cm³/mol. The number of hydrogen-bond acceptors (Lipinski definition) is 3. The number of carbonyl (C=O) groups excluding carboxylic acids is 1. The van der Waals surface area contributed by atoms with Crippen LogP contribution in [0.15, 0.2) is 18.3 Å². The fourth-order valence-corrected chi connectivity index (χ4v) is 1.74. The molecule has 1 atom stereocenters. The van der Waals surface area contributed by atoms with E-state index in [-0.39, 0.29) is 24.9 Å². The number of halogens is 2. The molecule has 1 heterocycles. The maximum Gasteiger partial charge on any atom is 0.268 e. The molecule has 1 rings (SSSR count). The number of nitrogens with zero attached hydrogens (tertiary/aromatic N) is 1. The van der Waals surface area contributed by atoms with Crippen LogP contribution in [0.25, 0.3) is 0 Å².